The van der Waals surface area contributed by atoms with Gasteiger partial charge in [0, 0.05) is 24.5 Å². The van der Waals surface area contributed by atoms with E-state index in [4.69, 9.17) is 0 Å². The minimum absolute atomic E-state index is 0.185. The van der Waals surface area contributed by atoms with E-state index in [9.17, 15) is 14.4 Å². The Balaban J connectivity index is 1.36. The van der Waals surface area contributed by atoms with Gasteiger partial charge in [0.05, 0.1) is 0 Å². The van der Waals surface area contributed by atoms with Crippen molar-refractivity contribution >= 4 is 29.2 Å². The number of hydrogen-bond acceptors (Lipinski definition) is 4. The Bertz CT molecular complexity index is 738. The van der Waals surface area contributed by atoms with E-state index in [-0.39, 0.29) is 24.3 Å². The Morgan fingerprint density at radius 3 is 2.46 bits per heavy atom. The van der Waals surface area contributed by atoms with Crippen LogP contribution in [0.5, 0.6) is 0 Å². The van der Waals surface area contributed by atoms with E-state index in [0.717, 1.165) is 36.5 Å². The number of benzene rings is 1. The van der Waals surface area contributed by atoms with Crippen LogP contribution in [-0.4, -0.2) is 47.9 Å². The number of amides is 4. The van der Waals surface area contributed by atoms with Crippen molar-refractivity contribution in [3.63, 3.8) is 0 Å². The van der Waals surface area contributed by atoms with E-state index in [0.29, 0.717) is 5.69 Å². The van der Waals surface area contributed by atoms with Gasteiger partial charge in [-0.1, -0.05) is 0 Å². The zero-order chi connectivity index (χ0) is 18.3. The third kappa shape index (κ3) is 3.02. The highest BCUT2D eigenvalue weighted by atomic mass is 16.2. The Kier molecular flexibility index (Phi) is 4.09. The molecule has 3 aliphatic rings. The van der Waals surface area contributed by atoms with Crippen molar-refractivity contribution in [1.82, 2.24) is 10.2 Å². The van der Waals surface area contributed by atoms with Crippen molar-refractivity contribution in [2.24, 2.45) is 5.92 Å². The average Bonchev–Trinajstić information content (AvgIpc) is 3.30. The normalized spacial score (nSPS) is 25.6. The van der Waals surface area contributed by atoms with Gasteiger partial charge in [-0.2, -0.15) is 0 Å². The summed E-state index contributed by atoms with van der Waals surface area (Å²) >= 11 is 0. The molecule has 2 N–H and O–H groups in total. The molecule has 26 heavy (non-hydrogen) atoms. The van der Waals surface area contributed by atoms with Crippen LogP contribution in [0.1, 0.15) is 32.6 Å². The minimum Gasteiger partial charge on any atom is -0.372 e. The number of rotatable bonds is 5. The second-order valence-corrected chi connectivity index (χ2v) is 7.59. The highest BCUT2D eigenvalue weighted by Crippen LogP contribution is 2.42. The van der Waals surface area contributed by atoms with Crippen molar-refractivity contribution in [1.29, 1.82) is 0 Å². The predicted molar refractivity (Wildman–Crippen MR) is 97.9 cm³/mol. The maximum atomic E-state index is 12.6. The molecule has 4 rings (SSSR count). The lowest BCUT2D eigenvalue weighted by atomic mass is 9.96. The van der Waals surface area contributed by atoms with E-state index in [1.165, 1.54) is 12.8 Å². The van der Waals surface area contributed by atoms with Crippen LogP contribution in [-0.2, 0) is 9.59 Å². The van der Waals surface area contributed by atoms with Crippen molar-refractivity contribution in [2.45, 2.75) is 38.1 Å². The Morgan fingerprint density at radius 1 is 1.19 bits per heavy atom. The van der Waals surface area contributed by atoms with Gasteiger partial charge < -0.3 is 15.5 Å². The lowest BCUT2D eigenvalue weighted by Gasteiger charge is -2.21. The standard InChI is InChI=1S/C19H24N4O3/c1-19(13-4-5-13)17(25)23(18(26)21-19)12-16(24)20-14-6-8-15(9-7-14)22-10-2-3-11-22/h6-9,13H,2-5,10-12H2,1H3,(H,20,24)(H,21,26)/t19-/m1/s1. The zero-order valence-corrected chi connectivity index (χ0v) is 15.0. The van der Waals surface area contributed by atoms with Crippen molar-refractivity contribution in [2.75, 3.05) is 29.9 Å². The molecule has 2 heterocycles. The molecular formula is C19H24N4O3. The largest absolute Gasteiger partial charge is 0.372 e. The Labute approximate surface area is 152 Å². The number of carbonyl (C=O) groups is 3. The molecule has 1 aliphatic carbocycles. The summed E-state index contributed by atoms with van der Waals surface area (Å²) in [4.78, 5) is 40.3. The van der Waals surface area contributed by atoms with Gasteiger partial charge in [0.2, 0.25) is 5.91 Å². The van der Waals surface area contributed by atoms with E-state index < -0.39 is 11.6 Å². The Morgan fingerprint density at radius 2 is 1.85 bits per heavy atom. The van der Waals surface area contributed by atoms with Gasteiger partial charge in [-0.05, 0) is 62.8 Å². The van der Waals surface area contributed by atoms with Gasteiger partial charge in [0.15, 0.2) is 0 Å². The number of nitrogens with one attached hydrogen (secondary N) is 2. The summed E-state index contributed by atoms with van der Waals surface area (Å²) in [6.45, 7) is 3.62. The molecule has 0 unspecified atom stereocenters. The summed E-state index contributed by atoms with van der Waals surface area (Å²) in [5.41, 5.74) is 0.958. The summed E-state index contributed by atoms with van der Waals surface area (Å²) < 4.78 is 0. The van der Waals surface area contributed by atoms with Crippen LogP contribution in [0, 0.1) is 5.92 Å². The molecule has 7 nitrogen and oxygen atoms in total. The van der Waals surface area contributed by atoms with E-state index in [2.05, 4.69) is 15.5 Å². The monoisotopic (exact) mass is 356 g/mol. The lowest BCUT2D eigenvalue weighted by Crippen LogP contribution is -2.46. The fraction of sp³-hybridized carbons (Fsp3) is 0.526. The number of carbonyl (C=O) groups excluding carboxylic acids is 3. The van der Waals surface area contributed by atoms with Gasteiger partial charge in [0.1, 0.15) is 12.1 Å². The highest BCUT2D eigenvalue weighted by Gasteiger charge is 2.56. The fourth-order valence-electron chi connectivity index (χ4n) is 3.87. The van der Waals surface area contributed by atoms with Gasteiger partial charge >= 0.3 is 6.03 Å². The predicted octanol–water partition coefficient (Wildman–Crippen LogP) is 1.95. The van der Waals surface area contributed by atoms with Crippen LogP contribution in [0.3, 0.4) is 0 Å². The third-order valence-electron chi connectivity index (χ3n) is 5.62. The number of anilines is 2. The number of nitrogens with zero attached hydrogens (tertiary/aromatic N) is 2. The molecular weight excluding hydrogens is 332 g/mol. The van der Waals surface area contributed by atoms with Crippen molar-refractivity contribution in [3.8, 4) is 0 Å². The van der Waals surface area contributed by atoms with Gasteiger partial charge in [-0.25, -0.2) is 4.79 Å². The SMILES string of the molecule is C[C@]1(C2CC2)NC(=O)N(CC(=O)Nc2ccc(N3CCCC3)cc2)C1=O. The first-order valence-corrected chi connectivity index (χ1v) is 9.26. The van der Waals surface area contributed by atoms with E-state index in [1.807, 2.05) is 24.3 Å². The highest BCUT2D eigenvalue weighted by molar-refractivity contribution is 6.10. The van der Waals surface area contributed by atoms with E-state index in [1.54, 1.807) is 6.92 Å². The molecule has 0 radical (unpaired) electrons. The summed E-state index contributed by atoms with van der Waals surface area (Å²) in [7, 11) is 0. The number of hydrogen-bond donors (Lipinski definition) is 2. The maximum Gasteiger partial charge on any atom is 0.325 e. The molecule has 0 bridgehead atoms. The van der Waals surface area contributed by atoms with Crippen molar-refractivity contribution < 1.29 is 14.4 Å². The van der Waals surface area contributed by atoms with Crippen LogP contribution < -0.4 is 15.5 Å². The molecule has 0 aromatic heterocycles. The second kappa shape index (κ2) is 6.30. The third-order valence-corrected chi connectivity index (χ3v) is 5.62. The first-order valence-electron chi connectivity index (χ1n) is 9.26. The number of urea groups is 1. The second-order valence-electron chi connectivity index (χ2n) is 7.59. The molecule has 7 heteroatoms. The van der Waals surface area contributed by atoms with Crippen LogP contribution in [0.4, 0.5) is 16.2 Å². The quantitative estimate of drug-likeness (QED) is 0.790. The summed E-state index contributed by atoms with van der Waals surface area (Å²) in [5.74, 6) is -0.489. The molecule has 1 aromatic rings. The van der Waals surface area contributed by atoms with Gasteiger partial charge in [-0.3, -0.25) is 14.5 Å². The van der Waals surface area contributed by atoms with Crippen LogP contribution in [0.2, 0.25) is 0 Å². The molecule has 1 atom stereocenters. The first kappa shape index (κ1) is 16.9. The van der Waals surface area contributed by atoms with Crippen molar-refractivity contribution in [3.05, 3.63) is 24.3 Å². The summed E-state index contributed by atoms with van der Waals surface area (Å²) in [6, 6.07) is 7.19. The van der Waals surface area contributed by atoms with E-state index >= 15 is 0 Å². The average molecular weight is 356 g/mol. The minimum atomic E-state index is -0.852. The topological polar surface area (TPSA) is 81.8 Å². The molecule has 2 aliphatic heterocycles. The lowest BCUT2D eigenvalue weighted by molar-refractivity contribution is -0.134. The zero-order valence-electron chi connectivity index (χ0n) is 15.0. The molecule has 138 valence electrons. The van der Waals surface area contributed by atoms with Crippen LogP contribution in [0.15, 0.2) is 24.3 Å². The smallest absolute Gasteiger partial charge is 0.325 e. The first-order chi connectivity index (χ1) is 12.5. The van der Waals surface area contributed by atoms with Crippen LogP contribution in [0.25, 0.3) is 0 Å². The molecule has 2 saturated heterocycles. The molecule has 1 aromatic carbocycles. The maximum absolute atomic E-state index is 12.6. The number of imide groups is 1. The van der Waals surface area contributed by atoms with Gasteiger partial charge in [0.25, 0.3) is 5.91 Å². The molecule has 1 saturated carbocycles. The molecule has 3 fully saturated rings. The summed E-state index contributed by atoms with van der Waals surface area (Å²) in [5, 5.41) is 5.52. The van der Waals surface area contributed by atoms with Crippen LogP contribution >= 0.6 is 0 Å². The van der Waals surface area contributed by atoms with Gasteiger partial charge in [-0.15, -0.1) is 0 Å². The fourth-order valence-corrected chi connectivity index (χ4v) is 3.87. The summed E-state index contributed by atoms with van der Waals surface area (Å²) in [6.07, 6.45) is 4.30. The molecule has 0 spiro atoms. The molecule has 4 amide bonds. The Hall–Kier alpha value is -2.57.